The van der Waals surface area contributed by atoms with Gasteiger partial charge in [-0.2, -0.15) is 13.2 Å². The van der Waals surface area contributed by atoms with Crippen LogP contribution in [-0.2, 0) is 9.47 Å². The Labute approximate surface area is 115 Å². The van der Waals surface area contributed by atoms with E-state index in [1.165, 1.54) is 0 Å². The lowest BCUT2D eigenvalue weighted by Gasteiger charge is -2.36. The molecule has 1 saturated carbocycles. The summed E-state index contributed by atoms with van der Waals surface area (Å²) >= 11 is 0. The van der Waals surface area contributed by atoms with Gasteiger partial charge in [-0.25, -0.2) is 4.39 Å². The van der Waals surface area contributed by atoms with Gasteiger partial charge in [-0.3, -0.25) is 0 Å². The van der Waals surface area contributed by atoms with Gasteiger partial charge in [-0.05, 0) is 19.3 Å². The van der Waals surface area contributed by atoms with Crippen LogP contribution < -0.4 is 0 Å². The van der Waals surface area contributed by atoms with Crippen molar-refractivity contribution in [2.75, 3.05) is 6.61 Å². The maximum Gasteiger partial charge on any atom is 0.425 e. The fourth-order valence-corrected chi connectivity index (χ4v) is 2.96. The van der Waals surface area contributed by atoms with Crippen LogP contribution in [0, 0.1) is 0 Å². The summed E-state index contributed by atoms with van der Waals surface area (Å²) in [6, 6.07) is 0. The highest BCUT2D eigenvalue weighted by atomic mass is 19.4. The molecule has 2 fully saturated rings. The summed E-state index contributed by atoms with van der Waals surface area (Å²) in [5.74, 6) is -0.926. The van der Waals surface area contributed by atoms with E-state index in [9.17, 15) is 22.7 Å². The third-order valence-corrected chi connectivity index (χ3v) is 4.30. The van der Waals surface area contributed by atoms with Gasteiger partial charge in [0.1, 0.15) is 12.2 Å². The van der Waals surface area contributed by atoms with Crippen LogP contribution in [0.5, 0.6) is 0 Å². The molecule has 0 radical (unpaired) electrons. The number of halogens is 4. The first-order valence-electron chi connectivity index (χ1n) is 6.99. The molecular weight excluding hydrogens is 280 g/mol. The standard InChI is InChI=1S/C13H20F4O3/c1-2-12(14,13(15,16)17)10(18)9-8-19-11(20-9)6-4-3-5-7-11/h9-10,18H,2-8H2,1H3/t9-,10-,12-/m1/s1. The van der Waals surface area contributed by atoms with Crippen LogP contribution in [0.3, 0.4) is 0 Å². The van der Waals surface area contributed by atoms with Gasteiger partial charge in [-0.1, -0.05) is 13.3 Å². The predicted molar refractivity (Wildman–Crippen MR) is 62.8 cm³/mol. The van der Waals surface area contributed by atoms with Crippen molar-refractivity contribution in [1.82, 2.24) is 0 Å². The Bertz CT molecular complexity index is 341. The molecule has 1 saturated heterocycles. The van der Waals surface area contributed by atoms with Crippen molar-refractivity contribution in [2.24, 2.45) is 0 Å². The minimum absolute atomic E-state index is 0.205. The summed E-state index contributed by atoms with van der Waals surface area (Å²) in [6.45, 7) is 0.853. The highest BCUT2D eigenvalue weighted by Gasteiger charge is 2.63. The average Bonchev–Trinajstić information content (AvgIpc) is 2.80. The Kier molecular flexibility index (Phi) is 4.33. The van der Waals surface area contributed by atoms with Gasteiger partial charge in [-0.15, -0.1) is 0 Å². The Hall–Kier alpha value is -0.400. The summed E-state index contributed by atoms with van der Waals surface area (Å²) in [5, 5.41) is 9.82. The fourth-order valence-electron chi connectivity index (χ4n) is 2.96. The molecule has 1 aliphatic carbocycles. The van der Waals surface area contributed by atoms with E-state index in [-0.39, 0.29) is 6.61 Å². The number of aliphatic hydroxyl groups excluding tert-OH is 1. The van der Waals surface area contributed by atoms with Gasteiger partial charge in [0.25, 0.3) is 0 Å². The van der Waals surface area contributed by atoms with Gasteiger partial charge in [0.2, 0.25) is 5.67 Å². The maximum absolute atomic E-state index is 14.1. The first-order valence-corrected chi connectivity index (χ1v) is 6.99. The molecule has 2 aliphatic rings. The lowest BCUT2D eigenvalue weighted by molar-refractivity contribution is -0.279. The van der Waals surface area contributed by atoms with E-state index in [4.69, 9.17) is 9.47 Å². The number of ether oxygens (including phenoxy) is 2. The third kappa shape index (κ3) is 2.67. The van der Waals surface area contributed by atoms with Gasteiger partial charge in [0.15, 0.2) is 5.79 Å². The molecule has 0 aromatic rings. The molecule has 1 N–H and O–H groups in total. The molecule has 0 aromatic carbocycles. The first kappa shape index (κ1) is 16.0. The number of hydrogen-bond donors (Lipinski definition) is 1. The monoisotopic (exact) mass is 300 g/mol. The number of hydrogen-bond acceptors (Lipinski definition) is 3. The molecule has 0 aromatic heterocycles. The molecule has 2 rings (SSSR count). The van der Waals surface area contributed by atoms with Gasteiger partial charge in [0.05, 0.1) is 6.61 Å². The summed E-state index contributed by atoms with van der Waals surface area (Å²) < 4.78 is 63.5. The third-order valence-electron chi connectivity index (χ3n) is 4.30. The quantitative estimate of drug-likeness (QED) is 0.814. The van der Waals surface area contributed by atoms with Crippen LogP contribution in [0.25, 0.3) is 0 Å². The summed E-state index contributed by atoms with van der Waals surface area (Å²) in [5.41, 5.74) is -3.67. The van der Waals surface area contributed by atoms with Gasteiger partial charge in [0, 0.05) is 12.8 Å². The van der Waals surface area contributed by atoms with E-state index >= 15 is 0 Å². The highest BCUT2D eigenvalue weighted by molar-refractivity contribution is 4.99. The lowest BCUT2D eigenvalue weighted by atomic mass is 9.91. The van der Waals surface area contributed by atoms with Crippen molar-refractivity contribution in [1.29, 1.82) is 0 Å². The number of aliphatic hydroxyl groups is 1. The Morgan fingerprint density at radius 3 is 2.30 bits per heavy atom. The smallest absolute Gasteiger partial charge is 0.387 e. The second-order valence-electron chi connectivity index (χ2n) is 5.60. The molecule has 7 heteroatoms. The highest BCUT2D eigenvalue weighted by Crippen LogP contribution is 2.45. The van der Waals surface area contributed by atoms with Gasteiger partial charge < -0.3 is 14.6 Å². The van der Waals surface area contributed by atoms with Crippen molar-refractivity contribution >= 4 is 0 Å². The fraction of sp³-hybridized carbons (Fsp3) is 1.00. The molecule has 1 aliphatic heterocycles. The SMILES string of the molecule is CC[C@@](F)([C@H](O)[C@H]1COC2(CCCCC2)O1)C(F)(F)F. The largest absolute Gasteiger partial charge is 0.425 e. The van der Waals surface area contributed by atoms with Crippen LogP contribution >= 0.6 is 0 Å². The minimum Gasteiger partial charge on any atom is -0.387 e. The summed E-state index contributed by atoms with van der Waals surface area (Å²) in [4.78, 5) is 0. The Morgan fingerprint density at radius 1 is 1.20 bits per heavy atom. The lowest BCUT2D eigenvalue weighted by Crippen LogP contribution is -2.56. The van der Waals surface area contributed by atoms with Crippen LogP contribution in [0.4, 0.5) is 17.6 Å². The van der Waals surface area contributed by atoms with Crippen molar-refractivity contribution in [3.05, 3.63) is 0 Å². The van der Waals surface area contributed by atoms with E-state index in [1.54, 1.807) is 0 Å². The average molecular weight is 300 g/mol. The molecule has 1 heterocycles. The molecule has 3 atom stereocenters. The molecule has 0 bridgehead atoms. The molecule has 3 nitrogen and oxygen atoms in total. The summed E-state index contributed by atoms with van der Waals surface area (Å²) in [6.07, 6.45) is -5.65. The molecular formula is C13H20F4O3. The van der Waals surface area contributed by atoms with Crippen molar-refractivity contribution in [3.8, 4) is 0 Å². The Morgan fingerprint density at radius 2 is 1.80 bits per heavy atom. The van der Waals surface area contributed by atoms with E-state index in [2.05, 4.69) is 0 Å². The van der Waals surface area contributed by atoms with Crippen LogP contribution in [0.2, 0.25) is 0 Å². The molecule has 0 amide bonds. The first-order chi connectivity index (χ1) is 9.24. The maximum atomic E-state index is 14.1. The molecule has 20 heavy (non-hydrogen) atoms. The van der Waals surface area contributed by atoms with Crippen molar-refractivity contribution < 1.29 is 32.1 Å². The minimum atomic E-state index is -5.13. The van der Waals surface area contributed by atoms with E-state index < -0.39 is 36.3 Å². The second-order valence-corrected chi connectivity index (χ2v) is 5.60. The number of rotatable bonds is 3. The van der Waals surface area contributed by atoms with Crippen molar-refractivity contribution in [3.63, 3.8) is 0 Å². The van der Waals surface area contributed by atoms with E-state index in [1.807, 2.05) is 0 Å². The molecule has 118 valence electrons. The second kappa shape index (κ2) is 5.42. The van der Waals surface area contributed by atoms with Gasteiger partial charge >= 0.3 is 6.18 Å². The molecule has 1 spiro atoms. The predicted octanol–water partition coefficient (Wildman–Crippen LogP) is 3.10. The Balaban J connectivity index is 2.08. The van der Waals surface area contributed by atoms with E-state index in [0.717, 1.165) is 26.2 Å². The van der Waals surface area contributed by atoms with Crippen LogP contribution in [-0.4, -0.2) is 41.6 Å². The van der Waals surface area contributed by atoms with E-state index in [0.29, 0.717) is 12.8 Å². The zero-order valence-corrected chi connectivity index (χ0v) is 11.4. The zero-order valence-electron chi connectivity index (χ0n) is 11.4. The van der Waals surface area contributed by atoms with Crippen LogP contribution in [0.15, 0.2) is 0 Å². The van der Waals surface area contributed by atoms with Crippen LogP contribution in [0.1, 0.15) is 45.4 Å². The zero-order chi connectivity index (χ0) is 15.0. The van der Waals surface area contributed by atoms with Crippen molar-refractivity contribution in [2.45, 2.75) is 75.3 Å². The summed E-state index contributed by atoms with van der Waals surface area (Å²) in [7, 11) is 0. The molecule has 0 unspecified atom stereocenters. The normalized spacial score (nSPS) is 31.2. The number of alkyl halides is 4. The topological polar surface area (TPSA) is 38.7 Å².